The molecule has 0 N–H and O–H groups in total. The maximum absolute atomic E-state index is 11.1. The molecule has 1 unspecified atom stereocenters. The van der Waals surface area contributed by atoms with E-state index in [1.165, 1.54) is 7.11 Å². The topological polar surface area (TPSA) is 18.5 Å². The van der Waals surface area contributed by atoms with Gasteiger partial charge in [0.25, 0.3) is 0 Å². The molecule has 0 aromatic heterocycles. The highest BCUT2D eigenvalue weighted by Gasteiger charge is 1.93. The molecule has 0 heterocycles. The van der Waals surface area contributed by atoms with Gasteiger partial charge >= 0.3 is 0 Å². The van der Waals surface area contributed by atoms with Crippen molar-refractivity contribution < 1.29 is 13.9 Å². The molecule has 0 bridgehead atoms. The Hall–Kier alpha value is -0.150. The molecule has 44 valence electrons. The summed E-state index contributed by atoms with van der Waals surface area (Å²) in [6.07, 6.45) is -0.426. The van der Waals surface area contributed by atoms with E-state index in [0.717, 1.165) is 0 Å². The fraction of sp³-hybridized carbons (Fsp3) is 1.00. The van der Waals surface area contributed by atoms with Crippen molar-refractivity contribution in [2.24, 2.45) is 0 Å². The van der Waals surface area contributed by atoms with Gasteiger partial charge in [0, 0.05) is 7.11 Å². The van der Waals surface area contributed by atoms with Gasteiger partial charge in [-0.1, -0.05) is 0 Å². The zero-order chi connectivity index (χ0) is 5.70. The Kier molecular flexibility index (Phi) is 3.93. The second-order valence-electron chi connectivity index (χ2n) is 1.08. The molecule has 0 fully saturated rings. The van der Waals surface area contributed by atoms with Crippen LogP contribution in [0.4, 0.5) is 4.39 Å². The highest BCUT2D eigenvalue weighted by Crippen LogP contribution is 1.88. The van der Waals surface area contributed by atoms with Crippen molar-refractivity contribution in [1.82, 2.24) is 0 Å². The Morgan fingerprint density at radius 3 is 2.43 bits per heavy atom. The van der Waals surface area contributed by atoms with E-state index in [2.05, 4.69) is 9.47 Å². The third-order valence-corrected chi connectivity index (χ3v) is 0.630. The fourth-order valence-corrected chi connectivity index (χ4v) is 0.157. The van der Waals surface area contributed by atoms with Crippen LogP contribution in [0.25, 0.3) is 0 Å². The van der Waals surface area contributed by atoms with E-state index < -0.39 is 13.2 Å². The van der Waals surface area contributed by atoms with E-state index in [1.807, 2.05) is 0 Å². The summed E-state index contributed by atoms with van der Waals surface area (Å²) in [5, 5.41) is 0. The van der Waals surface area contributed by atoms with E-state index in [4.69, 9.17) is 0 Å². The predicted molar refractivity (Wildman–Crippen MR) is 23.5 cm³/mol. The maximum atomic E-state index is 11.1. The number of hydrogen-bond donors (Lipinski definition) is 0. The van der Waals surface area contributed by atoms with Gasteiger partial charge in [-0.25, -0.2) is 4.39 Å². The zero-order valence-corrected chi connectivity index (χ0v) is 4.48. The zero-order valence-electron chi connectivity index (χ0n) is 4.48. The molecule has 0 amide bonds. The SMILES string of the molecule is COC(C)OCF. The van der Waals surface area contributed by atoms with Crippen molar-refractivity contribution in [3.8, 4) is 0 Å². The first kappa shape index (κ1) is 6.85. The second-order valence-corrected chi connectivity index (χ2v) is 1.08. The van der Waals surface area contributed by atoms with Crippen LogP contribution >= 0.6 is 0 Å². The van der Waals surface area contributed by atoms with Gasteiger partial charge in [0.05, 0.1) is 0 Å². The van der Waals surface area contributed by atoms with Gasteiger partial charge in [-0.05, 0) is 6.92 Å². The molecule has 3 heteroatoms. The van der Waals surface area contributed by atoms with Crippen LogP contribution in [0, 0.1) is 0 Å². The minimum Gasteiger partial charge on any atom is -0.356 e. The van der Waals surface area contributed by atoms with E-state index >= 15 is 0 Å². The summed E-state index contributed by atoms with van der Waals surface area (Å²) in [6.45, 7) is 0.842. The lowest BCUT2D eigenvalue weighted by atomic mass is 10.8. The van der Waals surface area contributed by atoms with Crippen molar-refractivity contribution in [2.45, 2.75) is 13.2 Å². The Morgan fingerprint density at radius 1 is 1.71 bits per heavy atom. The van der Waals surface area contributed by atoms with Crippen LogP contribution in [-0.4, -0.2) is 20.3 Å². The smallest absolute Gasteiger partial charge is 0.191 e. The molecule has 0 aliphatic heterocycles. The van der Waals surface area contributed by atoms with Gasteiger partial charge in [-0.2, -0.15) is 0 Å². The molecule has 0 saturated carbocycles. The molecule has 2 nitrogen and oxygen atoms in total. The van der Waals surface area contributed by atoms with Crippen molar-refractivity contribution in [3.05, 3.63) is 0 Å². The molecule has 7 heavy (non-hydrogen) atoms. The van der Waals surface area contributed by atoms with Gasteiger partial charge in [0.15, 0.2) is 13.2 Å². The average Bonchev–Trinajstić information content (AvgIpc) is 1.68. The molecular weight excluding hydrogens is 99.0 g/mol. The van der Waals surface area contributed by atoms with Crippen molar-refractivity contribution >= 4 is 0 Å². The number of methoxy groups -OCH3 is 1. The minimum atomic E-state index is -0.783. The van der Waals surface area contributed by atoms with Crippen molar-refractivity contribution in [1.29, 1.82) is 0 Å². The maximum Gasteiger partial charge on any atom is 0.191 e. The van der Waals surface area contributed by atoms with Crippen molar-refractivity contribution in [3.63, 3.8) is 0 Å². The van der Waals surface area contributed by atoms with Crippen LogP contribution < -0.4 is 0 Å². The number of ether oxygens (including phenoxy) is 2. The Bertz CT molecular complexity index is 40.7. The molecule has 0 aromatic carbocycles. The Labute approximate surface area is 42.2 Å². The summed E-state index contributed by atoms with van der Waals surface area (Å²) in [6, 6.07) is 0. The molecular formula is C4H9FO2. The molecule has 0 radical (unpaired) electrons. The average molecular weight is 108 g/mol. The van der Waals surface area contributed by atoms with Gasteiger partial charge in [-0.3, -0.25) is 0 Å². The number of halogens is 1. The quantitative estimate of drug-likeness (QED) is 0.500. The highest BCUT2D eigenvalue weighted by molar-refractivity contribution is 4.19. The van der Waals surface area contributed by atoms with Crippen LogP contribution in [0.1, 0.15) is 6.92 Å². The predicted octanol–water partition coefficient (Wildman–Crippen LogP) is 0.922. The molecule has 0 aliphatic carbocycles. The molecule has 0 rings (SSSR count). The van der Waals surface area contributed by atoms with E-state index in [0.29, 0.717) is 0 Å². The minimum absolute atomic E-state index is 0.426. The van der Waals surface area contributed by atoms with Crippen LogP contribution in [0.2, 0.25) is 0 Å². The molecule has 0 saturated heterocycles. The number of hydrogen-bond acceptors (Lipinski definition) is 2. The van der Waals surface area contributed by atoms with E-state index in [9.17, 15) is 4.39 Å². The summed E-state index contributed by atoms with van der Waals surface area (Å²) in [7, 11) is 1.46. The first-order valence-electron chi connectivity index (χ1n) is 2.01. The first-order chi connectivity index (χ1) is 3.31. The second kappa shape index (κ2) is 4.02. The Balaban J connectivity index is 2.83. The molecule has 0 aromatic rings. The van der Waals surface area contributed by atoms with Gasteiger partial charge < -0.3 is 9.47 Å². The summed E-state index contributed by atoms with van der Waals surface area (Å²) in [4.78, 5) is 0. The standard InChI is InChI=1S/C4H9FO2/c1-4(6-2)7-3-5/h4H,3H2,1-2H3. The summed E-state index contributed by atoms with van der Waals surface area (Å²) >= 11 is 0. The lowest BCUT2D eigenvalue weighted by Crippen LogP contribution is -2.08. The lowest BCUT2D eigenvalue weighted by molar-refractivity contribution is -0.136. The summed E-state index contributed by atoms with van der Waals surface area (Å²) in [5.74, 6) is 0. The fourth-order valence-electron chi connectivity index (χ4n) is 0.157. The van der Waals surface area contributed by atoms with Crippen LogP contribution in [-0.2, 0) is 9.47 Å². The van der Waals surface area contributed by atoms with Gasteiger partial charge in [-0.15, -0.1) is 0 Å². The Morgan fingerprint density at radius 2 is 2.29 bits per heavy atom. The monoisotopic (exact) mass is 108 g/mol. The third-order valence-electron chi connectivity index (χ3n) is 0.630. The summed E-state index contributed by atoms with van der Waals surface area (Å²) in [5.41, 5.74) is 0. The van der Waals surface area contributed by atoms with Crippen LogP contribution in [0.5, 0.6) is 0 Å². The van der Waals surface area contributed by atoms with Crippen LogP contribution in [0.15, 0.2) is 0 Å². The van der Waals surface area contributed by atoms with E-state index in [1.54, 1.807) is 6.92 Å². The van der Waals surface area contributed by atoms with Gasteiger partial charge in [0.1, 0.15) is 0 Å². The molecule has 0 spiro atoms. The number of alkyl halides is 1. The first-order valence-corrected chi connectivity index (χ1v) is 2.01. The van der Waals surface area contributed by atoms with Crippen LogP contribution in [0.3, 0.4) is 0 Å². The molecule has 1 atom stereocenters. The normalized spacial score (nSPS) is 14.1. The van der Waals surface area contributed by atoms with E-state index in [-0.39, 0.29) is 0 Å². The van der Waals surface area contributed by atoms with Crippen molar-refractivity contribution in [2.75, 3.05) is 14.0 Å². The number of rotatable bonds is 3. The molecule has 0 aliphatic rings. The third kappa shape index (κ3) is 3.69. The largest absolute Gasteiger partial charge is 0.356 e. The van der Waals surface area contributed by atoms with Gasteiger partial charge in [0.2, 0.25) is 0 Å². The lowest BCUT2D eigenvalue weighted by Gasteiger charge is -2.04. The highest BCUT2D eigenvalue weighted by atomic mass is 19.1. The summed E-state index contributed by atoms with van der Waals surface area (Å²) < 4.78 is 20.0.